The van der Waals surface area contributed by atoms with Crippen LogP contribution < -0.4 is 5.73 Å². The van der Waals surface area contributed by atoms with Crippen molar-refractivity contribution in [1.29, 1.82) is 0 Å². The monoisotopic (exact) mass is 482 g/mol. The number of fused-ring (bicyclic) bond motifs is 1. The molecule has 0 spiro atoms. The van der Waals surface area contributed by atoms with E-state index in [0.717, 1.165) is 61.5 Å². The van der Waals surface area contributed by atoms with Crippen LogP contribution in [-0.2, 0) is 24.2 Å². The van der Waals surface area contributed by atoms with Crippen molar-refractivity contribution in [3.63, 3.8) is 0 Å². The van der Waals surface area contributed by atoms with Crippen LogP contribution in [0.15, 0.2) is 18.2 Å². The van der Waals surface area contributed by atoms with Crippen LogP contribution in [0.25, 0.3) is 11.4 Å². The number of anilines is 1. The molecule has 180 valence electrons. The molecule has 0 unspecified atom stereocenters. The third kappa shape index (κ3) is 4.71. The van der Waals surface area contributed by atoms with Crippen molar-refractivity contribution in [2.75, 3.05) is 18.8 Å². The van der Waals surface area contributed by atoms with Crippen molar-refractivity contribution in [2.24, 2.45) is 5.92 Å². The number of hydrogen-bond acceptors (Lipinski definition) is 6. The standard InChI is InChI=1S/C25H31FN6OS/c1-15-3-5-17(6-4-15)24-29-23(18-7-8-19(26)16(2)13-18)30-32(24)14-22(33)31-11-9-20-21(10-12-31)34-25(27)28-20/h7-8,13,15,17H,3-6,9-12,14H2,1-2H3,(H2,27,28). The van der Waals surface area contributed by atoms with E-state index in [1.54, 1.807) is 23.7 Å². The van der Waals surface area contributed by atoms with E-state index < -0.39 is 0 Å². The van der Waals surface area contributed by atoms with Gasteiger partial charge in [-0.3, -0.25) is 4.79 Å². The lowest BCUT2D eigenvalue weighted by molar-refractivity contribution is -0.132. The molecule has 0 bridgehead atoms. The van der Waals surface area contributed by atoms with Crippen LogP contribution in [-0.4, -0.2) is 43.6 Å². The minimum absolute atomic E-state index is 0.0419. The first kappa shape index (κ1) is 23.0. The van der Waals surface area contributed by atoms with Crippen LogP contribution in [0.5, 0.6) is 0 Å². The Hall–Kier alpha value is -2.81. The molecule has 1 aromatic carbocycles. The molecular weight excluding hydrogens is 451 g/mol. The highest BCUT2D eigenvalue weighted by atomic mass is 32.1. The number of aromatic nitrogens is 4. The number of nitrogens with two attached hydrogens (primary N) is 1. The SMILES string of the molecule is Cc1cc(-c2nc(C3CCC(C)CC3)n(CC(=O)N3CCc4nc(N)sc4CC3)n2)ccc1F. The average molecular weight is 483 g/mol. The summed E-state index contributed by atoms with van der Waals surface area (Å²) in [5, 5.41) is 5.35. The molecule has 0 radical (unpaired) electrons. The summed E-state index contributed by atoms with van der Waals surface area (Å²) < 4.78 is 15.6. The Kier molecular flexibility index (Phi) is 6.38. The summed E-state index contributed by atoms with van der Waals surface area (Å²) in [6.07, 6.45) is 5.91. The van der Waals surface area contributed by atoms with Gasteiger partial charge < -0.3 is 10.6 Å². The van der Waals surface area contributed by atoms with Crippen LogP contribution in [0.3, 0.4) is 0 Å². The van der Waals surface area contributed by atoms with Gasteiger partial charge in [-0.1, -0.05) is 19.8 Å². The summed E-state index contributed by atoms with van der Waals surface area (Å²) >= 11 is 1.52. The maximum Gasteiger partial charge on any atom is 0.244 e. The van der Waals surface area contributed by atoms with Crippen LogP contribution >= 0.6 is 11.3 Å². The van der Waals surface area contributed by atoms with E-state index in [-0.39, 0.29) is 24.2 Å². The van der Waals surface area contributed by atoms with Crippen molar-refractivity contribution in [2.45, 2.75) is 64.8 Å². The van der Waals surface area contributed by atoms with Crippen molar-refractivity contribution >= 4 is 22.4 Å². The molecule has 7 nitrogen and oxygen atoms in total. The van der Waals surface area contributed by atoms with E-state index in [2.05, 4.69) is 11.9 Å². The topological polar surface area (TPSA) is 89.9 Å². The predicted molar refractivity (Wildman–Crippen MR) is 131 cm³/mol. The molecule has 1 aliphatic heterocycles. The average Bonchev–Trinajstić information content (AvgIpc) is 3.33. The molecule has 0 saturated heterocycles. The number of nitrogens with zero attached hydrogens (tertiary/aromatic N) is 5. The summed E-state index contributed by atoms with van der Waals surface area (Å²) in [7, 11) is 0. The molecule has 2 aromatic heterocycles. The van der Waals surface area contributed by atoms with Gasteiger partial charge in [-0.05, 0) is 49.4 Å². The number of carbonyl (C=O) groups is 1. The van der Waals surface area contributed by atoms with Crippen molar-refractivity contribution < 1.29 is 9.18 Å². The summed E-state index contributed by atoms with van der Waals surface area (Å²) in [4.78, 5) is 25.7. The summed E-state index contributed by atoms with van der Waals surface area (Å²) in [6.45, 7) is 5.48. The van der Waals surface area contributed by atoms with E-state index >= 15 is 0 Å². The highest BCUT2D eigenvalue weighted by molar-refractivity contribution is 7.15. The Labute approximate surface area is 203 Å². The van der Waals surface area contributed by atoms with E-state index in [4.69, 9.17) is 15.8 Å². The number of hydrogen-bond donors (Lipinski definition) is 1. The van der Waals surface area contributed by atoms with Gasteiger partial charge in [-0.25, -0.2) is 19.0 Å². The van der Waals surface area contributed by atoms with Gasteiger partial charge in [0, 0.05) is 42.3 Å². The fourth-order valence-electron chi connectivity index (χ4n) is 5.06. The van der Waals surface area contributed by atoms with E-state index in [9.17, 15) is 9.18 Å². The van der Waals surface area contributed by atoms with E-state index in [1.807, 2.05) is 4.90 Å². The maximum absolute atomic E-state index is 13.8. The lowest BCUT2D eigenvalue weighted by atomic mass is 9.82. The fourth-order valence-corrected chi connectivity index (χ4v) is 5.92. The molecule has 9 heteroatoms. The molecule has 1 aliphatic carbocycles. The second kappa shape index (κ2) is 9.44. The van der Waals surface area contributed by atoms with Gasteiger partial charge in [0.15, 0.2) is 11.0 Å². The van der Waals surface area contributed by atoms with Crippen molar-refractivity contribution in [1.82, 2.24) is 24.6 Å². The number of nitrogen functional groups attached to an aromatic ring is 1. The summed E-state index contributed by atoms with van der Waals surface area (Å²) in [6, 6.07) is 4.94. The quantitative estimate of drug-likeness (QED) is 0.597. The molecule has 34 heavy (non-hydrogen) atoms. The zero-order valence-corrected chi connectivity index (χ0v) is 20.6. The highest BCUT2D eigenvalue weighted by Gasteiger charge is 2.28. The Morgan fingerprint density at radius 3 is 2.71 bits per heavy atom. The largest absolute Gasteiger partial charge is 0.375 e. The Morgan fingerprint density at radius 2 is 1.94 bits per heavy atom. The number of aryl methyl sites for hydroxylation is 1. The van der Waals surface area contributed by atoms with Gasteiger partial charge in [-0.2, -0.15) is 5.10 Å². The van der Waals surface area contributed by atoms with Crippen LogP contribution in [0, 0.1) is 18.7 Å². The lowest BCUT2D eigenvalue weighted by Gasteiger charge is -2.26. The lowest BCUT2D eigenvalue weighted by Crippen LogP contribution is -2.36. The van der Waals surface area contributed by atoms with Gasteiger partial charge in [0.2, 0.25) is 5.91 Å². The Bertz CT molecular complexity index is 1170. The zero-order valence-electron chi connectivity index (χ0n) is 19.8. The van der Waals surface area contributed by atoms with E-state index in [0.29, 0.717) is 29.6 Å². The molecule has 1 fully saturated rings. The van der Waals surface area contributed by atoms with Crippen LogP contribution in [0.1, 0.15) is 60.5 Å². The minimum Gasteiger partial charge on any atom is -0.375 e. The second-order valence-corrected chi connectivity index (χ2v) is 10.8. The number of benzene rings is 1. The fraction of sp³-hybridized carbons (Fsp3) is 0.520. The Balaban J connectivity index is 1.38. The first-order valence-corrected chi connectivity index (χ1v) is 12.9. The molecule has 0 atom stereocenters. The maximum atomic E-state index is 13.8. The summed E-state index contributed by atoms with van der Waals surface area (Å²) in [5.41, 5.74) is 8.21. The molecule has 2 N–H and O–H groups in total. The zero-order chi connectivity index (χ0) is 23.8. The molecule has 3 aromatic rings. The molecule has 1 amide bonds. The molecular formula is C25H31FN6OS. The third-order valence-corrected chi connectivity index (χ3v) is 8.14. The molecule has 5 rings (SSSR count). The second-order valence-electron chi connectivity index (χ2n) is 9.67. The number of thiazole rings is 1. The normalized spacial score (nSPS) is 20.7. The molecule has 3 heterocycles. The third-order valence-electron chi connectivity index (χ3n) is 7.16. The van der Waals surface area contributed by atoms with E-state index in [1.165, 1.54) is 22.3 Å². The van der Waals surface area contributed by atoms with Gasteiger partial charge in [-0.15, -0.1) is 11.3 Å². The number of carbonyl (C=O) groups excluding carboxylic acids is 1. The van der Waals surface area contributed by atoms with Crippen LogP contribution in [0.2, 0.25) is 0 Å². The van der Waals surface area contributed by atoms with Gasteiger partial charge in [0.25, 0.3) is 0 Å². The smallest absolute Gasteiger partial charge is 0.244 e. The van der Waals surface area contributed by atoms with Crippen LogP contribution in [0.4, 0.5) is 9.52 Å². The first-order valence-electron chi connectivity index (χ1n) is 12.1. The van der Waals surface area contributed by atoms with Gasteiger partial charge in [0.1, 0.15) is 18.2 Å². The van der Waals surface area contributed by atoms with Crippen molar-refractivity contribution in [3.8, 4) is 11.4 Å². The highest BCUT2D eigenvalue weighted by Crippen LogP contribution is 2.35. The molecule has 2 aliphatic rings. The number of rotatable bonds is 4. The van der Waals surface area contributed by atoms with Gasteiger partial charge in [0.05, 0.1) is 5.69 Å². The number of halogens is 1. The summed E-state index contributed by atoms with van der Waals surface area (Å²) in [5.74, 6) is 2.23. The molecule has 1 saturated carbocycles. The Morgan fingerprint density at radius 1 is 1.18 bits per heavy atom. The minimum atomic E-state index is -0.245. The van der Waals surface area contributed by atoms with Gasteiger partial charge >= 0.3 is 0 Å². The first-order chi connectivity index (χ1) is 16.4. The van der Waals surface area contributed by atoms with Crippen molar-refractivity contribution in [3.05, 3.63) is 46.0 Å². The predicted octanol–water partition coefficient (Wildman–Crippen LogP) is 4.35. The number of amides is 1.